The van der Waals surface area contributed by atoms with Gasteiger partial charge in [0.05, 0.1) is 48.2 Å². The number of nitrogens with one attached hydrogen (secondary N) is 2. The summed E-state index contributed by atoms with van der Waals surface area (Å²) in [7, 11) is 2.85. The molecule has 0 aromatic heterocycles. The maximum atomic E-state index is 13.4. The molecule has 1 atom stereocenters. The van der Waals surface area contributed by atoms with E-state index in [-0.39, 0.29) is 11.7 Å². The van der Waals surface area contributed by atoms with Crippen LogP contribution in [0.5, 0.6) is 5.75 Å². The number of anilines is 1. The van der Waals surface area contributed by atoms with Gasteiger partial charge in [0.15, 0.2) is 0 Å². The van der Waals surface area contributed by atoms with Crippen LogP contribution in [-0.2, 0) is 14.3 Å². The highest BCUT2D eigenvalue weighted by molar-refractivity contribution is 8.03. The number of methoxy groups -OCH3 is 2. The summed E-state index contributed by atoms with van der Waals surface area (Å²) in [4.78, 5) is 25.1. The molecule has 0 saturated carbocycles. The monoisotopic (exact) mass is 449 g/mol. The molecule has 0 spiro atoms. The Kier molecular flexibility index (Phi) is 7.58. The number of hydrogen-bond donors (Lipinski definition) is 2. The highest BCUT2D eigenvalue weighted by Gasteiger charge is 2.35. The van der Waals surface area contributed by atoms with E-state index in [9.17, 15) is 14.9 Å². The van der Waals surface area contributed by atoms with Crippen LogP contribution in [-0.4, -0.2) is 31.8 Å². The van der Waals surface area contributed by atoms with Crippen LogP contribution in [0.3, 0.4) is 0 Å². The molecule has 0 radical (unpaired) electrons. The number of nitriles is 1. The van der Waals surface area contributed by atoms with Crippen molar-refractivity contribution in [2.24, 2.45) is 0 Å². The fraction of sp³-hybridized carbons (Fsp3) is 0.208. The first-order valence-corrected chi connectivity index (χ1v) is 10.8. The van der Waals surface area contributed by atoms with Crippen molar-refractivity contribution in [1.29, 1.82) is 5.26 Å². The fourth-order valence-corrected chi connectivity index (χ4v) is 4.36. The number of carbonyl (C=O) groups is 2. The summed E-state index contributed by atoms with van der Waals surface area (Å²) in [5.74, 6) is -0.777. The smallest absolute Gasteiger partial charge is 0.316 e. The third-order valence-electron chi connectivity index (χ3n) is 4.94. The average Bonchev–Trinajstić information content (AvgIpc) is 2.82. The lowest BCUT2D eigenvalue weighted by atomic mass is 9.82. The standard InChI is InChI=1S/C24H23N3O4S/c1-15-21(23(29)27-18-11-7-8-12-19(18)30-2)22(16-9-5-4-6-10-16)17(13-25)24(26-15)32-14-20(28)31-3/h4-12,22,26H,14H2,1-3H3,(H,27,29)/t22-/m1/s1. The highest BCUT2D eigenvalue weighted by atomic mass is 32.2. The van der Waals surface area contributed by atoms with Crippen molar-refractivity contribution in [3.63, 3.8) is 0 Å². The van der Waals surface area contributed by atoms with E-state index in [0.717, 1.165) is 5.56 Å². The van der Waals surface area contributed by atoms with Gasteiger partial charge in [-0.05, 0) is 24.6 Å². The fourth-order valence-electron chi connectivity index (χ4n) is 3.43. The van der Waals surface area contributed by atoms with E-state index in [1.54, 1.807) is 25.1 Å². The van der Waals surface area contributed by atoms with Gasteiger partial charge in [0.1, 0.15) is 5.75 Å². The second-order valence-corrected chi connectivity index (χ2v) is 7.87. The van der Waals surface area contributed by atoms with Gasteiger partial charge in [-0.15, -0.1) is 0 Å². The van der Waals surface area contributed by atoms with Gasteiger partial charge in [-0.2, -0.15) is 5.26 Å². The number of dihydropyridines is 1. The number of allylic oxidation sites excluding steroid dienone is 2. The van der Waals surface area contributed by atoms with Gasteiger partial charge in [-0.3, -0.25) is 9.59 Å². The van der Waals surface area contributed by atoms with Gasteiger partial charge in [0.2, 0.25) is 0 Å². The molecule has 1 aliphatic rings. The predicted molar refractivity (Wildman–Crippen MR) is 124 cm³/mol. The Morgan fingerprint density at radius 2 is 1.81 bits per heavy atom. The average molecular weight is 450 g/mol. The van der Waals surface area contributed by atoms with Crippen molar-refractivity contribution >= 4 is 29.3 Å². The van der Waals surface area contributed by atoms with Crippen molar-refractivity contribution in [3.8, 4) is 11.8 Å². The van der Waals surface area contributed by atoms with E-state index in [2.05, 4.69) is 16.7 Å². The lowest BCUT2D eigenvalue weighted by Crippen LogP contribution is -2.31. The summed E-state index contributed by atoms with van der Waals surface area (Å²) in [6.07, 6.45) is 0. The Hall–Kier alpha value is -3.70. The molecule has 1 amide bonds. The molecule has 3 rings (SSSR count). The third-order valence-corrected chi connectivity index (χ3v) is 5.93. The molecule has 1 heterocycles. The van der Waals surface area contributed by atoms with E-state index in [4.69, 9.17) is 9.47 Å². The third kappa shape index (κ3) is 4.95. The number of nitrogens with zero attached hydrogens (tertiary/aromatic N) is 1. The summed E-state index contributed by atoms with van der Waals surface area (Å²) in [5, 5.41) is 16.6. The van der Waals surface area contributed by atoms with E-state index in [1.807, 2.05) is 36.4 Å². The number of thioether (sulfide) groups is 1. The van der Waals surface area contributed by atoms with E-state index >= 15 is 0 Å². The van der Waals surface area contributed by atoms with Crippen LogP contribution in [0.2, 0.25) is 0 Å². The number of amides is 1. The zero-order chi connectivity index (χ0) is 23.1. The van der Waals surface area contributed by atoms with Crippen LogP contribution in [0.25, 0.3) is 0 Å². The first kappa shape index (κ1) is 23.0. The van der Waals surface area contributed by atoms with Crippen LogP contribution in [0, 0.1) is 11.3 Å². The summed E-state index contributed by atoms with van der Waals surface area (Å²) in [6.45, 7) is 1.78. The van der Waals surface area contributed by atoms with Gasteiger partial charge in [0.25, 0.3) is 5.91 Å². The van der Waals surface area contributed by atoms with Crippen LogP contribution < -0.4 is 15.4 Å². The number of carbonyl (C=O) groups excluding carboxylic acids is 2. The van der Waals surface area contributed by atoms with Crippen LogP contribution >= 0.6 is 11.8 Å². The van der Waals surface area contributed by atoms with Gasteiger partial charge in [0, 0.05) is 11.3 Å². The Morgan fingerprint density at radius 3 is 2.47 bits per heavy atom. The lowest BCUT2D eigenvalue weighted by Gasteiger charge is -2.30. The molecule has 2 N–H and O–H groups in total. The van der Waals surface area contributed by atoms with Crippen molar-refractivity contribution in [2.45, 2.75) is 12.8 Å². The van der Waals surface area contributed by atoms with Gasteiger partial charge in [-0.25, -0.2) is 0 Å². The molecule has 1 aliphatic heterocycles. The van der Waals surface area contributed by atoms with Crippen molar-refractivity contribution in [1.82, 2.24) is 5.32 Å². The summed E-state index contributed by atoms with van der Waals surface area (Å²) >= 11 is 1.17. The summed E-state index contributed by atoms with van der Waals surface area (Å²) in [6, 6.07) is 18.7. The van der Waals surface area contributed by atoms with Gasteiger partial charge in [-0.1, -0.05) is 54.2 Å². The highest BCUT2D eigenvalue weighted by Crippen LogP contribution is 2.41. The topological polar surface area (TPSA) is 100 Å². The minimum atomic E-state index is -0.600. The summed E-state index contributed by atoms with van der Waals surface area (Å²) in [5.41, 5.74) is 2.70. The molecule has 2 aromatic carbocycles. The van der Waals surface area contributed by atoms with Gasteiger partial charge >= 0.3 is 5.97 Å². The van der Waals surface area contributed by atoms with Crippen LogP contribution in [0.15, 0.2) is 76.5 Å². The Balaban J connectivity index is 2.03. The van der Waals surface area contributed by atoms with Crippen LogP contribution in [0.1, 0.15) is 18.4 Å². The molecular weight excluding hydrogens is 426 g/mol. The van der Waals surface area contributed by atoms with Crippen LogP contribution in [0.4, 0.5) is 5.69 Å². The number of esters is 1. The maximum absolute atomic E-state index is 13.4. The zero-order valence-corrected chi connectivity index (χ0v) is 18.8. The Morgan fingerprint density at radius 1 is 1.12 bits per heavy atom. The van der Waals surface area contributed by atoms with E-state index < -0.39 is 11.9 Å². The van der Waals surface area contributed by atoms with Crippen molar-refractivity contribution in [2.75, 3.05) is 25.3 Å². The number of rotatable bonds is 7. The zero-order valence-electron chi connectivity index (χ0n) is 18.0. The number of benzene rings is 2. The number of ether oxygens (including phenoxy) is 2. The molecule has 164 valence electrons. The first-order valence-electron chi connectivity index (χ1n) is 9.81. The molecule has 0 unspecified atom stereocenters. The molecular formula is C24H23N3O4S. The van der Waals surface area contributed by atoms with E-state index in [0.29, 0.717) is 33.3 Å². The Bertz CT molecular complexity index is 1120. The van der Waals surface area contributed by atoms with Crippen molar-refractivity contribution in [3.05, 3.63) is 82.0 Å². The lowest BCUT2D eigenvalue weighted by molar-refractivity contribution is -0.137. The first-order chi connectivity index (χ1) is 15.5. The summed E-state index contributed by atoms with van der Waals surface area (Å²) < 4.78 is 10.1. The van der Waals surface area contributed by atoms with Crippen molar-refractivity contribution < 1.29 is 19.1 Å². The SMILES string of the molecule is COC(=O)CSC1=C(C#N)[C@@H](c2ccccc2)C(C(=O)Nc2ccccc2OC)=C(C)N1. The second kappa shape index (κ2) is 10.6. The normalized spacial score (nSPS) is 15.5. The minimum Gasteiger partial charge on any atom is -0.495 e. The molecule has 0 fully saturated rings. The molecule has 32 heavy (non-hydrogen) atoms. The number of hydrogen-bond acceptors (Lipinski definition) is 7. The maximum Gasteiger partial charge on any atom is 0.316 e. The number of para-hydroxylation sites is 2. The molecule has 8 heteroatoms. The van der Waals surface area contributed by atoms with E-state index in [1.165, 1.54) is 26.0 Å². The minimum absolute atomic E-state index is 0.0432. The molecule has 0 saturated heterocycles. The quantitative estimate of drug-likeness (QED) is 0.618. The Labute approximate surface area is 191 Å². The van der Waals surface area contributed by atoms with Gasteiger partial charge < -0.3 is 20.1 Å². The largest absolute Gasteiger partial charge is 0.495 e. The molecule has 2 aromatic rings. The predicted octanol–water partition coefficient (Wildman–Crippen LogP) is 3.94. The molecule has 7 nitrogen and oxygen atoms in total. The second-order valence-electron chi connectivity index (χ2n) is 6.88. The molecule has 0 bridgehead atoms. The molecule has 0 aliphatic carbocycles.